The van der Waals surface area contributed by atoms with Crippen LogP contribution in [0.5, 0.6) is 0 Å². The minimum absolute atomic E-state index is 0.315. The number of unbranched alkanes of at least 4 members (excludes halogenated alkanes) is 6. The van der Waals surface area contributed by atoms with Gasteiger partial charge in [0.25, 0.3) is 0 Å². The largest absolute Gasteiger partial charge is 0.481 e. The fourth-order valence-electron chi connectivity index (χ4n) is 1.80. The van der Waals surface area contributed by atoms with Crippen molar-refractivity contribution < 1.29 is 9.90 Å². The van der Waals surface area contributed by atoms with Crippen LogP contribution < -0.4 is 0 Å². The standard InChI is InChI=1S/C16H28O2/c1-15(2)13-11-9-7-5-3-4-6-8-10-12-14-16(17)18/h15H,3-4,6,8-14H2,1-2H3,(H,17,18). The van der Waals surface area contributed by atoms with Crippen molar-refractivity contribution in [3.63, 3.8) is 0 Å². The molecule has 0 aliphatic carbocycles. The van der Waals surface area contributed by atoms with Gasteiger partial charge in [-0.2, -0.15) is 0 Å². The van der Waals surface area contributed by atoms with E-state index in [-0.39, 0.29) is 0 Å². The Kier molecular flexibility index (Phi) is 11.8. The summed E-state index contributed by atoms with van der Waals surface area (Å²) in [4.78, 5) is 10.3. The van der Waals surface area contributed by atoms with Gasteiger partial charge in [0.2, 0.25) is 0 Å². The van der Waals surface area contributed by atoms with Crippen LogP contribution in [0, 0.1) is 17.8 Å². The Morgan fingerprint density at radius 2 is 1.50 bits per heavy atom. The molecule has 0 aromatic carbocycles. The van der Waals surface area contributed by atoms with E-state index in [1.807, 2.05) is 0 Å². The van der Waals surface area contributed by atoms with E-state index in [1.165, 1.54) is 19.3 Å². The van der Waals surface area contributed by atoms with Crippen molar-refractivity contribution in [3.8, 4) is 11.8 Å². The lowest BCUT2D eigenvalue weighted by Crippen LogP contribution is -1.93. The molecule has 0 aromatic heterocycles. The van der Waals surface area contributed by atoms with Gasteiger partial charge in [-0.3, -0.25) is 4.79 Å². The van der Waals surface area contributed by atoms with Gasteiger partial charge in [-0.15, -0.1) is 11.8 Å². The lowest BCUT2D eigenvalue weighted by atomic mass is 10.1. The first-order valence-electron chi connectivity index (χ1n) is 7.30. The van der Waals surface area contributed by atoms with Crippen molar-refractivity contribution >= 4 is 5.97 Å². The van der Waals surface area contributed by atoms with Crippen LogP contribution in [-0.4, -0.2) is 11.1 Å². The van der Waals surface area contributed by atoms with Crippen LogP contribution in [-0.2, 0) is 4.79 Å². The lowest BCUT2D eigenvalue weighted by molar-refractivity contribution is -0.137. The van der Waals surface area contributed by atoms with Crippen molar-refractivity contribution in [1.29, 1.82) is 0 Å². The molecule has 0 spiro atoms. The number of rotatable bonds is 10. The quantitative estimate of drug-likeness (QED) is 0.454. The third-order valence-corrected chi connectivity index (χ3v) is 2.90. The Hall–Kier alpha value is -0.970. The lowest BCUT2D eigenvalue weighted by Gasteiger charge is -1.99. The average molecular weight is 252 g/mol. The zero-order chi connectivity index (χ0) is 13.6. The maximum absolute atomic E-state index is 10.3. The topological polar surface area (TPSA) is 37.3 Å². The maximum Gasteiger partial charge on any atom is 0.303 e. The van der Waals surface area contributed by atoms with E-state index >= 15 is 0 Å². The molecule has 18 heavy (non-hydrogen) atoms. The summed E-state index contributed by atoms with van der Waals surface area (Å²) in [5.74, 6) is 6.57. The monoisotopic (exact) mass is 252 g/mol. The zero-order valence-electron chi connectivity index (χ0n) is 12.0. The van der Waals surface area contributed by atoms with Crippen LogP contribution >= 0.6 is 0 Å². The van der Waals surface area contributed by atoms with E-state index in [0.29, 0.717) is 6.42 Å². The second-order valence-electron chi connectivity index (χ2n) is 5.30. The summed E-state index contributed by atoms with van der Waals surface area (Å²) in [6, 6.07) is 0. The second-order valence-corrected chi connectivity index (χ2v) is 5.30. The van der Waals surface area contributed by atoms with Gasteiger partial charge in [0.05, 0.1) is 0 Å². The molecule has 0 aromatic rings. The molecule has 2 heteroatoms. The number of aliphatic carboxylic acids is 1. The normalized spacial score (nSPS) is 10.2. The molecular formula is C16H28O2. The molecule has 0 bridgehead atoms. The number of carboxylic acids is 1. The molecule has 0 radical (unpaired) electrons. The van der Waals surface area contributed by atoms with Gasteiger partial charge in [0.15, 0.2) is 0 Å². The molecule has 0 heterocycles. The highest BCUT2D eigenvalue weighted by Gasteiger charge is 1.95. The SMILES string of the molecule is CC(C)CCCC#CCCCCCCCC(=O)O. The summed E-state index contributed by atoms with van der Waals surface area (Å²) in [7, 11) is 0. The van der Waals surface area contributed by atoms with Gasteiger partial charge in [-0.25, -0.2) is 0 Å². The Labute approximate surface area is 112 Å². The van der Waals surface area contributed by atoms with E-state index < -0.39 is 5.97 Å². The first kappa shape index (κ1) is 17.0. The summed E-state index contributed by atoms with van der Waals surface area (Å²) in [5.41, 5.74) is 0. The Balaban J connectivity index is 3.15. The number of hydrogen-bond donors (Lipinski definition) is 1. The van der Waals surface area contributed by atoms with Crippen molar-refractivity contribution in [1.82, 2.24) is 0 Å². The molecule has 1 N–H and O–H groups in total. The fraction of sp³-hybridized carbons (Fsp3) is 0.812. The van der Waals surface area contributed by atoms with Crippen LogP contribution in [0.4, 0.5) is 0 Å². The molecule has 0 aliphatic rings. The van der Waals surface area contributed by atoms with Gasteiger partial charge in [-0.05, 0) is 25.2 Å². The van der Waals surface area contributed by atoms with Crippen molar-refractivity contribution in [2.45, 2.75) is 78.1 Å². The van der Waals surface area contributed by atoms with E-state index in [9.17, 15) is 4.79 Å². The van der Waals surface area contributed by atoms with Crippen LogP contribution in [0.25, 0.3) is 0 Å². The number of hydrogen-bond acceptors (Lipinski definition) is 1. The third-order valence-electron chi connectivity index (χ3n) is 2.90. The Morgan fingerprint density at radius 1 is 0.944 bits per heavy atom. The zero-order valence-corrected chi connectivity index (χ0v) is 12.0. The van der Waals surface area contributed by atoms with Crippen LogP contribution in [0.15, 0.2) is 0 Å². The van der Waals surface area contributed by atoms with Gasteiger partial charge in [-0.1, -0.05) is 39.5 Å². The maximum atomic E-state index is 10.3. The average Bonchev–Trinajstić information content (AvgIpc) is 2.29. The molecular weight excluding hydrogens is 224 g/mol. The van der Waals surface area contributed by atoms with Crippen molar-refractivity contribution in [2.24, 2.45) is 5.92 Å². The summed E-state index contributed by atoms with van der Waals surface area (Å²) in [6.07, 6.45) is 10.2. The van der Waals surface area contributed by atoms with Gasteiger partial charge in [0.1, 0.15) is 0 Å². The highest BCUT2D eigenvalue weighted by atomic mass is 16.4. The van der Waals surface area contributed by atoms with Crippen LogP contribution in [0.2, 0.25) is 0 Å². The predicted octanol–water partition coefficient (Wildman–Crippen LogP) is 4.63. The highest BCUT2D eigenvalue weighted by molar-refractivity contribution is 5.66. The summed E-state index contributed by atoms with van der Waals surface area (Å²) < 4.78 is 0. The van der Waals surface area contributed by atoms with E-state index in [1.54, 1.807) is 0 Å². The third kappa shape index (κ3) is 15.0. The molecule has 2 nitrogen and oxygen atoms in total. The van der Waals surface area contributed by atoms with Gasteiger partial charge >= 0.3 is 5.97 Å². The highest BCUT2D eigenvalue weighted by Crippen LogP contribution is 2.07. The van der Waals surface area contributed by atoms with Crippen LogP contribution in [0.1, 0.15) is 78.1 Å². The molecule has 0 unspecified atom stereocenters. The molecule has 0 saturated heterocycles. The summed E-state index contributed by atoms with van der Waals surface area (Å²) >= 11 is 0. The molecule has 0 rings (SSSR count). The van der Waals surface area contributed by atoms with Crippen LogP contribution in [0.3, 0.4) is 0 Å². The summed E-state index contributed by atoms with van der Waals surface area (Å²) in [6.45, 7) is 4.50. The molecule has 0 atom stereocenters. The first-order valence-corrected chi connectivity index (χ1v) is 7.30. The smallest absolute Gasteiger partial charge is 0.303 e. The van der Waals surface area contributed by atoms with E-state index in [4.69, 9.17) is 5.11 Å². The predicted molar refractivity (Wildman–Crippen MR) is 76.4 cm³/mol. The van der Waals surface area contributed by atoms with E-state index in [0.717, 1.165) is 44.4 Å². The summed E-state index contributed by atoms with van der Waals surface area (Å²) in [5, 5.41) is 8.47. The Morgan fingerprint density at radius 3 is 2.11 bits per heavy atom. The minimum Gasteiger partial charge on any atom is -0.481 e. The second kappa shape index (κ2) is 12.5. The van der Waals surface area contributed by atoms with Gasteiger partial charge < -0.3 is 5.11 Å². The number of carboxylic acid groups (broad SMARTS) is 1. The molecule has 0 fully saturated rings. The van der Waals surface area contributed by atoms with E-state index in [2.05, 4.69) is 25.7 Å². The van der Waals surface area contributed by atoms with Crippen molar-refractivity contribution in [2.75, 3.05) is 0 Å². The molecule has 0 aliphatic heterocycles. The molecule has 104 valence electrons. The van der Waals surface area contributed by atoms with Gasteiger partial charge in [0, 0.05) is 19.3 Å². The van der Waals surface area contributed by atoms with Crippen molar-refractivity contribution in [3.05, 3.63) is 0 Å². The molecule has 0 saturated carbocycles. The fourth-order valence-corrected chi connectivity index (χ4v) is 1.80. The minimum atomic E-state index is -0.678. The Bertz CT molecular complexity index is 258. The number of carbonyl (C=O) groups is 1. The molecule has 0 amide bonds. The first-order chi connectivity index (χ1) is 8.63.